The van der Waals surface area contributed by atoms with Crippen LogP contribution in [0.5, 0.6) is 0 Å². The number of halogens is 1. The Kier molecular flexibility index (Phi) is 4.96. The first-order valence-corrected chi connectivity index (χ1v) is 7.17. The van der Waals surface area contributed by atoms with Gasteiger partial charge in [-0.3, -0.25) is 15.0 Å². The van der Waals surface area contributed by atoms with Crippen LogP contribution in [0.2, 0.25) is 5.02 Å². The second-order valence-corrected chi connectivity index (χ2v) is 5.92. The van der Waals surface area contributed by atoms with E-state index in [1.165, 1.54) is 0 Å². The number of nitro groups is 1. The second-order valence-electron chi connectivity index (χ2n) is 5.51. The standard InChI is InChI=1S/C14H20ClN3O2/c1-16(2)12-5-7-17(8-6-12)10-11-3-4-13(15)14(9-11)18(19)20/h3-4,9,12H,5-8,10H2,1-2H3. The van der Waals surface area contributed by atoms with Gasteiger partial charge in [-0.25, -0.2) is 0 Å². The Morgan fingerprint density at radius 1 is 1.40 bits per heavy atom. The number of likely N-dealkylation sites (tertiary alicyclic amines) is 1. The molecule has 0 spiro atoms. The summed E-state index contributed by atoms with van der Waals surface area (Å²) in [5, 5.41) is 11.1. The van der Waals surface area contributed by atoms with Gasteiger partial charge >= 0.3 is 0 Å². The third-order valence-corrected chi connectivity index (χ3v) is 4.22. The van der Waals surface area contributed by atoms with Crippen molar-refractivity contribution in [1.29, 1.82) is 0 Å². The van der Waals surface area contributed by atoms with Crippen LogP contribution in [0.4, 0.5) is 5.69 Å². The topological polar surface area (TPSA) is 49.6 Å². The molecule has 2 rings (SSSR count). The van der Waals surface area contributed by atoms with Crippen molar-refractivity contribution >= 4 is 17.3 Å². The number of nitro benzene ring substituents is 1. The lowest BCUT2D eigenvalue weighted by atomic mass is 10.0. The zero-order valence-corrected chi connectivity index (χ0v) is 12.6. The highest BCUT2D eigenvalue weighted by Gasteiger charge is 2.21. The van der Waals surface area contributed by atoms with Gasteiger partial charge in [-0.2, -0.15) is 0 Å². The first-order valence-electron chi connectivity index (χ1n) is 6.79. The lowest BCUT2D eigenvalue weighted by Crippen LogP contribution is -2.41. The number of nitrogens with zero attached hydrogens (tertiary/aromatic N) is 3. The molecule has 1 aromatic carbocycles. The van der Waals surface area contributed by atoms with Gasteiger partial charge in [-0.15, -0.1) is 0 Å². The first-order chi connectivity index (χ1) is 9.47. The van der Waals surface area contributed by atoms with Crippen LogP contribution in [0.3, 0.4) is 0 Å². The fraction of sp³-hybridized carbons (Fsp3) is 0.571. The van der Waals surface area contributed by atoms with Crippen LogP contribution in [0, 0.1) is 10.1 Å². The summed E-state index contributed by atoms with van der Waals surface area (Å²) >= 11 is 5.83. The largest absolute Gasteiger partial charge is 0.306 e. The Hall–Kier alpha value is -1.17. The predicted octanol–water partition coefficient (Wildman–Crippen LogP) is 2.77. The SMILES string of the molecule is CN(C)C1CCN(Cc2ccc(Cl)c([N+](=O)[O-])c2)CC1. The summed E-state index contributed by atoms with van der Waals surface area (Å²) in [5.41, 5.74) is 0.941. The Bertz CT molecular complexity index is 485. The zero-order chi connectivity index (χ0) is 14.7. The summed E-state index contributed by atoms with van der Waals surface area (Å²) < 4.78 is 0. The van der Waals surface area contributed by atoms with Gasteiger partial charge in [0.1, 0.15) is 5.02 Å². The van der Waals surface area contributed by atoms with Crippen LogP contribution in [0.25, 0.3) is 0 Å². The molecule has 1 aliphatic heterocycles. The molecule has 0 N–H and O–H groups in total. The highest BCUT2D eigenvalue weighted by molar-refractivity contribution is 6.32. The van der Waals surface area contributed by atoms with Crippen molar-refractivity contribution in [1.82, 2.24) is 9.80 Å². The first kappa shape index (κ1) is 15.2. The molecule has 6 heteroatoms. The van der Waals surface area contributed by atoms with Crippen molar-refractivity contribution in [2.45, 2.75) is 25.4 Å². The molecule has 110 valence electrons. The minimum atomic E-state index is -0.426. The van der Waals surface area contributed by atoms with Gasteiger partial charge in [-0.1, -0.05) is 17.7 Å². The molecule has 1 aliphatic rings. The molecule has 0 saturated carbocycles. The Balaban J connectivity index is 1.98. The van der Waals surface area contributed by atoms with E-state index in [0.29, 0.717) is 6.04 Å². The molecule has 5 nitrogen and oxygen atoms in total. The summed E-state index contributed by atoms with van der Waals surface area (Å²) in [6.07, 6.45) is 2.28. The van der Waals surface area contributed by atoms with Gasteiger partial charge in [0.05, 0.1) is 4.92 Å². The van der Waals surface area contributed by atoms with E-state index in [2.05, 4.69) is 23.9 Å². The van der Waals surface area contributed by atoms with Crippen molar-refractivity contribution in [2.24, 2.45) is 0 Å². The van der Waals surface area contributed by atoms with E-state index in [9.17, 15) is 10.1 Å². The van der Waals surface area contributed by atoms with Crippen molar-refractivity contribution in [3.8, 4) is 0 Å². The molecule has 0 atom stereocenters. The van der Waals surface area contributed by atoms with Crippen molar-refractivity contribution < 1.29 is 4.92 Å². The summed E-state index contributed by atoms with van der Waals surface area (Å²) in [4.78, 5) is 15.1. The lowest BCUT2D eigenvalue weighted by Gasteiger charge is -2.35. The monoisotopic (exact) mass is 297 g/mol. The molecule has 0 radical (unpaired) electrons. The van der Waals surface area contributed by atoms with Gasteiger partial charge in [0.15, 0.2) is 0 Å². The number of piperidine rings is 1. The van der Waals surface area contributed by atoms with Gasteiger partial charge in [0, 0.05) is 18.7 Å². The molecule has 20 heavy (non-hydrogen) atoms. The van der Waals surface area contributed by atoms with Crippen LogP contribution >= 0.6 is 11.6 Å². The van der Waals surface area contributed by atoms with Crippen LogP contribution in [-0.2, 0) is 6.54 Å². The molecule has 0 unspecified atom stereocenters. The molecule has 0 aromatic heterocycles. The third kappa shape index (κ3) is 3.69. The van der Waals surface area contributed by atoms with E-state index in [0.717, 1.165) is 38.0 Å². The van der Waals surface area contributed by atoms with Gasteiger partial charge in [-0.05, 0) is 51.7 Å². The maximum atomic E-state index is 10.9. The summed E-state index contributed by atoms with van der Waals surface area (Å²) in [6, 6.07) is 5.71. The summed E-state index contributed by atoms with van der Waals surface area (Å²) in [5.74, 6) is 0. The molecule has 1 aromatic rings. The maximum absolute atomic E-state index is 10.9. The van der Waals surface area contributed by atoms with Gasteiger partial charge < -0.3 is 4.90 Å². The minimum Gasteiger partial charge on any atom is -0.306 e. The smallest absolute Gasteiger partial charge is 0.288 e. The summed E-state index contributed by atoms with van der Waals surface area (Å²) in [6.45, 7) is 2.80. The van der Waals surface area contributed by atoms with E-state index in [1.54, 1.807) is 12.1 Å². The number of rotatable bonds is 4. The summed E-state index contributed by atoms with van der Waals surface area (Å²) in [7, 11) is 4.23. The molecule has 0 bridgehead atoms. The Morgan fingerprint density at radius 2 is 2.05 bits per heavy atom. The van der Waals surface area contributed by atoms with Crippen LogP contribution < -0.4 is 0 Å². The average molecular weight is 298 g/mol. The molecule has 1 heterocycles. The van der Waals surface area contributed by atoms with E-state index in [4.69, 9.17) is 11.6 Å². The Morgan fingerprint density at radius 3 is 2.60 bits per heavy atom. The molecule has 0 amide bonds. The number of hydrogen-bond donors (Lipinski definition) is 0. The Labute approximate surface area is 124 Å². The van der Waals surface area contributed by atoms with Crippen LogP contribution in [0.1, 0.15) is 18.4 Å². The fourth-order valence-electron chi connectivity index (χ4n) is 2.65. The highest BCUT2D eigenvalue weighted by Crippen LogP contribution is 2.26. The normalized spacial score (nSPS) is 17.6. The number of hydrogen-bond acceptors (Lipinski definition) is 4. The van der Waals surface area contributed by atoms with Crippen molar-refractivity contribution in [3.63, 3.8) is 0 Å². The van der Waals surface area contributed by atoms with Crippen LogP contribution in [0.15, 0.2) is 18.2 Å². The predicted molar refractivity (Wildman–Crippen MR) is 80.1 cm³/mol. The average Bonchev–Trinajstić information content (AvgIpc) is 2.41. The van der Waals surface area contributed by atoms with Crippen LogP contribution in [-0.4, -0.2) is 47.9 Å². The molecule has 0 aliphatic carbocycles. The molecular formula is C14H20ClN3O2. The van der Waals surface area contributed by atoms with E-state index in [1.807, 2.05) is 6.07 Å². The number of benzene rings is 1. The third-order valence-electron chi connectivity index (χ3n) is 3.90. The zero-order valence-electron chi connectivity index (χ0n) is 11.9. The maximum Gasteiger partial charge on any atom is 0.288 e. The van der Waals surface area contributed by atoms with Crippen molar-refractivity contribution in [2.75, 3.05) is 27.2 Å². The van der Waals surface area contributed by atoms with E-state index >= 15 is 0 Å². The molecular weight excluding hydrogens is 278 g/mol. The van der Waals surface area contributed by atoms with E-state index < -0.39 is 4.92 Å². The quantitative estimate of drug-likeness (QED) is 0.633. The van der Waals surface area contributed by atoms with Gasteiger partial charge in [0.25, 0.3) is 5.69 Å². The second kappa shape index (κ2) is 6.52. The van der Waals surface area contributed by atoms with Gasteiger partial charge in [0.2, 0.25) is 0 Å². The van der Waals surface area contributed by atoms with E-state index in [-0.39, 0.29) is 10.7 Å². The molecule has 1 saturated heterocycles. The fourth-order valence-corrected chi connectivity index (χ4v) is 2.84. The highest BCUT2D eigenvalue weighted by atomic mass is 35.5. The molecule has 1 fully saturated rings. The lowest BCUT2D eigenvalue weighted by molar-refractivity contribution is -0.384. The van der Waals surface area contributed by atoms with Crippen molar-refractivity contribution in [3.05, 3.63) is 38.9 Å². The minimum absolute atomic E-state index is 0.00709.